The van der Waals surface area contributed by atoms with E-state index in [9.17, 15) is 22.8 Å². The van der Waals surface area contributed by atoms with E-state index in [0.717, 1.165) is 35.5 Å². The molecule has 3 heterocycles. The first-order valence-corrected chi connectivity index (χ1v) is 13.4. The number of aryl methyl sites for hydroxylation is 1. The average molecular weight is 538 g/mol. The second-order valence-electron chi connectivity index (χ2n) is 11.7. The highest BCUT2D eigenvalue weighted by molar-refractivity contribution is 5.82. The number of piperidine rings is 1. The molecule has 2 aromatic rings. The lowest BCUT2D eigenvalue weighted by molar-refractivity contribution is -0.182. The molecule has 2 aliphatic rings. The van der Waals surface area contributed by atoms with Crippen molar-refractivity contribution in [1.82, 2.24) is 24.8 Å². The molecule has 38 heavy (non-hydrogen) atoms. The predicted molar refractivity (Wildman–Crippen MR) is 136 cm³/mol. The number of aromatic nitrogens is 3. The van der Waals surface area contributed by atoms with Crippen LogP contribution in [0.15, 0.2) is 6.07 Å². The third-order valence-corrected chi connectivity index (χ3v) is 7.70. The highest BCUT2D eigenvalue weighted by atomic mass is 19.4. The second-order valence-corrected chi connectivity index (χ2v) is 11.7. The predicted octanol–water partition coefficient (Wildman–Crippen LogP) is 5.41. The van der Waals surface area contributed by atoms with E-state index in [0.29, 0.717) is 31.6 Å². The molecule has 4 rings (SSSR count). The van der Waals surface area contributed by atoms with E-state index in [1.165, 1.54) is 0 Å². The molecule has 1 aliphatic heterocycles. The van der Waals surface area contributed by atoms with Crippen LogP contribution in [0.3, 0.4) is 0 Å². The number of amides is 2. The fourth-order valence-corrected chi connectivity index (χ4v) is 5.64. The van der Waals surface area contributed by atoms with Crippen LogP contribution < -0.4 is 5.32 Å². The van der Waals surface area contributed by atoms with Gasteiger partial charge in [0.1, 0.15) is 12.1 Å². The summed E-state index contributed by atoms with van der Waals surface area (Å²) in [5.74, 6) is -1.41. The molecular formula is C27H38F3N5O3. The third kappa shape index (κ3) is 6.40. The Bertz CT molecular complexity index is 1180. The number of likely N-dealkylation sites (tertiary alicyclic amines) is 1. The zero-order valence-electron chi connectivity index (χ0n) is 22.8. The topological polar surface area (TPSA) is 88.8 Å². The van der Waals surface area contributed by atoms with Crippen molar-refractivity contribution in [2.75, 3.05) is 19.6 Å². The summed E-state index contributed by atoms with van der Waals surface area (Å²) in [6.45, 7) is 10.2. The van der Waals surface area contributed by atoms with Gasteiger partial charge in [0.15, 0.2) is 5.65 Å². The molecule has 0 spiro atoms. The monoisotopic (exact) mass is 537 g/mol. The molecule has 1 saturated heterocycles. The van der Waals surface area contributed by atoms with E-state index in [-0.39, 0.29) is 37.1 Å². The summed E-state index contributed by atoms with van der Waals surface area (Å²) in [5.41, 5.74) is 3.68. The Labute approximate surface area is 221 Å². The van der Waals surface area contributed by atoms with Crippen LogP contribution in [0.1, 0.15) is 93.8 Å². The first-order chi connectivity index (χ1) is 17.7. The number of rotatable bonds is 4. The lowest BCUT2D eigenvalue weighted by Gasteiger charge is -2.34. The molecule has 1 N–H and O–H groups in total. The molecule has 11 heteroatoms. The van der Waals surface area contributed by atoms with Gasteiger partial charge in [0.2, 0.25) is 5.91 Å². The van der Waals surface area contributed by atoms with Crippen molar-refractivity contribution in [2.45, 2.75) is 96.8 Å². The number of ether oxygens (including phenoxy) is 1. The van der Waals surface area contributed by atoms with Crippen molar-refractivity contribution in [3.63, 3.8) is 0 Å². The average Bonchev–Trinajstić information content (AvgIpc) is 3.25. The first-order valence-electron chi connectivity index (χ1n) is 13.4. The highest BCUT2D eigenvalue weighted by Crippen LogP contribution is 2.43. The van der Waals surface area contributed by atoms with E-state index in [1.54, 1.807) is 25.7 Å². The summed E-state index contributed by atoms with van der Waals surface area (Å²) >= 11 is 0. The van der Waals surface area contributed by atoms with Crippen molar-refractivity contribution in [3.05, 3.63) is 28.7 Å². The van der Waals surface area contributed by atoms with Crippen LogP contribution in [0.4, 0.5) is 18.0 Å². The minimum absolute atomic E-state index is 0.0205. The first kappa shape index (κ1) is 28.2. The lowest BCUT2D eigenvalue weighted by Crippen LogP contribution is -2.45. The van der Waals surface area contributed by atoms with Gasteiger partial charge in [-0.05, 0) is 78.7 Å². The largest absolute Gasteiger partial charge is 0.444 e. The molecule has 2 fully saturated rings. The molecule has 0 aromatic carbocycles. The molecule has 1 atom stereocenters. The molecule has 2 amide bonds. The number of nitrogens with one attached hydrogen (secondary N) is 1. The molecule has 0 bridgehead atoms. The second kappa shape index (κ2) is 10.7. The number of alkyl carbamates (subject to hydrolysis) is 1. The van der Waals surface area contributed by atoms with Crippen LogP contribution in [0, 0.1) is 19.8 Å². The van der Waals surface area contributed by atoms with Crippen molar-refractivity contribution >= 4 is 17.6 Å². The van der Waals surface area contributed by atoms with E-state index in [2.05, 4.69) is 5.32 Å². The third-order valence-electron chi connectivity index (χ3n) is 7.70. The van der Waals surface area contributed by atoms with Gasteiger partial charge in [-0.2, -0.15) is 18.3 Å². The maximum absolute atomic E-state index is 13.1. The van der Waals surface area contributed by atoms with Crippen molar-refractivity contribution in [2.24, 2.45) is 5.92 Å². The number of alkyl halides is 3. The van der Waals surface area contributed by atoms with Gasteiger partial charge in [-0.25, -0.2) is 14.3 Å². The molecular weight excluding hydrogens is 499 g/mol. The Morgan fingerprint density at radius 1 is 1.08 bits per heavy atom. The number of hydrogen-bond acceptors (Lipinski definition) is 5. The normalized spacial score (nSPS) is 22.9. The van der Waals surface area contributed by atoms with E-state index >= 15 is 0 Å². The molecule has 2 aromatic heterocycles. The quantitative estimate of drug-likeness (QED) is 0.563. The maximum atomic E-state index is 13.1. The van der Waals surface area contributed by atoms with E-state index in [4.69, 9.17) is 14.8 Å². The van der Waals surface area contributed by atoms with Crippen LogP contribution in [0.5, 0.6) is 0 Å². The molecule has 0 unspecified atom stereocenters. The Kier molecular flexibility index (Phi) is 7.95. The summed E-state index contributed by atoms with van der Waals surface area (Å²) in [5, 5.41) is 7.40. The molecule has 210 valence electrons. The number of carbonyl (C=O) groups is 2. The minimum atomic E-state index is -4.14. The smallest absolute Gasteiger partial charge is 0.408 e. The molecule has 0 radical (unpaired) electrons. The summed E-state index contributed by atoms with van der Waals surface area (Å²) in [7, 11) is 0. The van der Waals surface area contributed by atoms with Crippen molar-refractivity contribution < 1.29 is 27.5 Å². The van der Waals surface area contributed by atoms with Crippen molar-refractivity contribution in [1.29, 1.82) is 0 Å². The van der Waals surface area contributed by atoms with E-state index in [1.807, 2.05) is 24.4 Å². The van der Waals surface area contributed by atoms with Crippen LogP contribution in [0.25, 0.3) is 5.65 Å². The van der Waals surface area contributed by atoms with Gasteiger partial charge < -0.3 is 15.0 Å². The fraction of sp³-hybridized carbons (Fsp3) is 0.704. The zero-order chi connectivity index (χ0) is 27.8. The van der Waals surface area contributed by atoms with Gasteiger partial charge in [-0.15, -0.1) is 0 Å². The molecule has 8 nitrogen and oxygen atoms in total. The summed E-state index contributed by atoms with van der Waals surface area (Å²) < 4.78 is 46.5. The standard InChI is InChI=1S/C27H38F3N5O3/c1-16-17(2)32-22-13-21(18-8-10-20(11-9-18)27(28,29)30)33-35(22)24(16)19-7-6-12-34(15-19)23(36)14-31-25(37)38-26(3,4)5/h13,18-20H,6-12,14-15H2,1-5H3,(H,31,37)/t18-,19-,20-/m1/s1. The summed E-state index contributed by atoms with van der Waals surface area (Å²) in [4.78, 5) is 31.4. The van der Waals surface area contributed by atoms with Crippen LogP contribution >= 0.6 is 0 Å². The van der Waals surface area contributed by atoms with Gasteiger partial charge in [0.05, 0.1) is 17.3 Å². The molecule has 1 saturated carbocycles. The van der Waals surface area contributed by atoms with Gasteiger partial charge in [-0.3, -0.25) is 4.79 Å². The Morgan fingerprint density at radius 3 is 2.39 bits per heavy atom. The van der Waals surface area contributed by atoms with Crippen LogP contribution in [-0.2, 0) is 9.53 Å². The maximum Gasteiger partial charge on any atom is 0.408 e. The number of halogens is 3. The molecule has 1 aliphatic carbocycles. The van der Waals surface area contributed by atoms with E-state index < -0.39 is 23.8 Å². The van der Waals surface area contributed by atoms with Gasteiger partial charge in [0.25, 0.3) is 0 Å². The summed E-state index contributed by atoms with van der Waals surface area (Å²) in [6.07, 6.45) is -1.94. The van der Waals surface area contributed by atoms with Gasteiger partial charge in [-0.1, -0.05) is 0 Å². The number of fused-ring (bicyclic) bond motifs is 1. The van der Waals surface area contributed by atoms with Crippen LogP contribution in [-0.4, -0.2) is 62.9 Å². The highest BCUT2D eigenvalue weighted by Gasteiger charge is 2.42. The van der Waals surface area contributed by atoms with Crippen molar-refractivity contribution in [3.8, 4) is 0 Å². The summed E-state index contributed by atoms with van der Waals surface area (Å²) in [6, 6.07) is 1.91. The Balaban J connectivity index is 1.50. The van der Waals surface area contributed by atoms with Gasteiger partial charge in [0, 0.05) is 36.7 Å². The Morgan fingerprint density at radius 2 is 1.76 bits per heavy atom. The lowest BCUT2D eigenvalue weighted by atomic mass is 9.80. The number of carbonyl (C=O) groups excluding carboxylic acids is 2. The fourth-order valence-electron chi connectivity index (χ4n) is 5.64. The Hall–Kier alpha value is -2.85. The SMILES string of the molecule is Cc1nc2cc([C@H]3CC[C@H](C(F)(F)F)CC3)nn2c([C@@H]2CCCN(C(=O)CNC(=O)OC(C)(C)C)C2)c1C. The number of hydrogen-bond donors (Lipinski definition) is 1. The van der Waals surface area contributed by atoms with Crippen LogP contribution in [0.2, 0.25) is 0 Å². The zero-order valence-corrected chi connectivity index (χ0v) is 22.8. The minimum Gasteiger partial charge on any atom is -0.444 e. The number of nitrogens with zero attached hydrogens (tertiary/aromatic N) is 4. The van der Waals surface area contributed by atoms with Gasteiger partial charge >= 0.3 is 12.3 Å².